The van der Waals surface area contributed by atoms with Crippen LogP contribution in [0.1, 0.15) is 21.5 Å². The molecule has 0 aromatic heterocycles. The van der Waals surface area contributed by atoms with Gasteiger partial charge in [-0.25, -0.2) is 26.3 Å². The van der Waals surface area contributed by atoms with Crippen LogP contribution in [-0.4, -0.2) is 5.78 Å². The molecule has 21 heavy (non-hydrogen) atoms. The monoisotopic (exact) mass is 304 g/mol. The van der Waals surface area contributed by atoms with Crippen molar-refractivity contribution in [2.75, 3.05) is 0 Å². The molecule has 0 saturated carbocycles. The fourth-order valence-corrected chi connectivity index (χ4v) is 1.78. The minimum atomic E-state index is -2.36. The van der Waals surface area contributed by atoms with Crippen LogP contribution in [0.3, 0.4) is 0 Å². The largest absolute Gasteiger partial charge is 0.288 e. The second-order valence-corrected chi connectivity index (χ2v) is 4.23. The highest BCUT2D eigenvalue weighted by atomic mass is 19.2. The number of hydrogen-bond acceptors (Lipinski definition) is 1. The molecule has 2 rings (SSSR count). The Kier molecular flexibility index (Phi) is 3.76. The molecule has 0 fully saturated rings. The van der Waals surface area contributed by atoms with Gasteiger partial charge in [-0.2, -0.15) is 0 Å². The number of rotatable bonds is 2. The quantitative estimate of drug-likeness (QED) is 0.354. The van der Waals surface area contributed by atoms with Gasteiger partial charge in [0.15, 0.2) is 29.1 Å². The van der Waals surface area contributed by atoms with E-state index in [0.29, 0.717) is 6.07 Å². The lowest BCUT2D eigenvalue weighted by atomic mass is 9.97. The van der Waals surface area contributed by atoms with E-state index in [1.54, 1.807) is 0 Å². The summed E-state index contributed by atoms with van der Waals surface area (Å²) in [6.45, 7) is 1.33. The van der Waals surface area contributed by atoms with Gasteiger partial charge in [0.25, 0.3) is 0 Å². The molecule has 7 heteroatoms. The minimum absolute atomic E-state index is 0.130. The van der Waals surface area contributed by atoms with Crippen LogP contribution in [0.5, 0.6) is 0 Å². The lowest BCUT2D eigenvalue weighted by Gasteiger charge is -2.09. The van der Waals surface area contributed by atoms with Crippen molar-refractivity contribution in [1.82, 2.24) is 0 Å². The first-order valence-electron chi connectivity index (χ1n) is 5.58. The first kappa shape index (κ1) is 15.1. The van der Waals surface area contributed by atoms with Gasteiger partial charge in [0, 0.05) is 5.56 Å². The van der Waals surface area contributed by atoms with Gasteiger partial charge in [-0.15, -0.1) is 0 Å². The van der Waals surface area contributed by atoms with Gasteiger partial charge < -0.3 is 0 Å². The molecule has 0 saturated heterocycles. The number of carbonyl (C=O) groups excluding carboxylic acids is 1. The topological polar surface area (TPSA) is 17.1 Å². The van der Waals surface area contributed by atoms with Crippen LogP contribution in [0.15, 0.2) is 18.2 Å². The second kappa shape index (κ2) is 5.23. The van der Waals surface area contributed by atoms with Gasteiger partial charge in [0.2, 0.25) is 5.82 Å². The van der Waals surface area contributed by atoms with Crippen LogP contribution in [0.25, 0.3) is 0 Å². The molecule has 2 aromatic carbocycles. The maximum absolute atomic E-state index is 13.5. The average molecular weight is 304 g/mol. The lowest BCUT2D eigenvalue weighted by molar-refractivity contribution is 0.102. The standard InChI is InChI=1S/C14H6F6O/c1-5-2-3-6(15)4-7(5)14(21)8-9(16)11(18)13(20)12(19)10(8)17/h2-4H,1H3. The summed E-state index contributed by atoms with van der Waals surface area (Å²) in [5, 5.41) is 0. The molecule has 0 bridgehead atoms. The molecular weight excluding hydrogens is 298 g/mol. The van der Waals surface area contributed by atoms with E-state index in [9.17, 15) is 31.1 Å². The summed E-state index contributed by atoms with van der Waals surface area (Å²) in [6.07, 6.45) is 0. The molecule has 0 amide bonds. The predicted molar refractivity (Wildman–Crippen MR) is 60.8 cm³/mol. The Balaban J connectivity index is 2.73. The summed E-state index contributed by atoms with van der Waals surface area (Å²) in [4.78, 5) is 12.0. The summed E-state index contributed by atoms with van der Waals surface area (Å²) in [5.74, 6) is -13.7. The van der Waals surface area contributed by atoms with Gasteiger partial charge >= 0.3 is 0 Å². The first-order valence-corrected chi connectivity index (χ1v) is 5.58. The molecule has 0 N–H and O–H groups in total. The van der Waals surface area contributed by atoms with Crippen LogP contribution in [0, 0.1) is 41.8 Å². The predicted octanol–water partition coefficient (Wildman–Crippen LogP) is 4.06. The Morgan fingerprint density at radius 2 is 1.29 bits per heavy atom. The van der Waals surface area contributed by atoms with Crippen molar-refractivity contribution in [3.63, 3.8) is 0 Å². The third-order valence-corrected chi connectivity index (χ3v) is 2.88. The molecule has 0 aliphatic heterocycles. The number of aryl methyl sites for hydroxylation is 1. The lowest BCUT2D eigenvalue weighted by Crippen LogP contribution is -2.14. The molecule has 0 atom stereocenters. The van der Waals surface area contributed by atoms with E-state index in [0.717, 1.165) is 12.1 Å². The summed E-state index contributed by atoms with van der Waals surface area (Å²) < 4.78 is 79.2. The number of benzene rings is 2. The molecular formula is C14H6F6O. The maximum atomic E-state index is 13.5. The maximum Gasteiger partial charge on any atom is 0.200 e. The van der Waals surface area contributed by atoms with Gasteiger partial charge in [-0.1, -0.05) is 6.07 Å². The molecule has 0 aliphatic rings. The highest BCUT2D eigenvalue weighted by Crippen LogP contribution is 2.26. The first-order chi connectivity index (χ1) is 9.75. The summed E-state index contributed by atoms with van der Waals surface area (Å²) in [6, 6.07) is 2.80. The minimum Gasteiger partial charge on any atom is -0.288 e. The van der Waals surface area contributed by atoms with Crippen LogP contribution < -0.4 is 0 Å². The smallest absolute Gasteiger partial charge is 0.200 e. The average Bonchev–Trinajstić information content (AvgIpc) is 2.45. The Morgan fingerprint density at radius 3 is 1.81 bits per heavy atom. The Morgan fingerprint density at radius 1 is 0.810 bits per heavy atom. The highest BCUT2D eigenvalue weighted by Gasteiger charge is 2.30. The molecule has 2 aromatic rings. The van der Waals surface area contributed by atoms with E-state index in [2.05, 4.69) is 0 Å². The number of halogens is 6. The van der Waals surface area contributed by atoms with Gasteiger partial charge in [-0.05, 0) is 24.6 Å². The summed E-state index contributed by atoms with van der Waals surface area (Å²) >= 11 is 0. The number of ketones is 1. The van der Waals surface area contributed by atoms with Crippen molar-refractivity contribution < 1.29 is 31.1 Å². The number of hydrogen-bond donors (Lipinski definition) is 0. The van der Waals surface area contributed by atoms with E-state index in [1.807, 2.05) is 0 Å². The molecule has 0 heterocycles. The van der Waals surface area contributed by atoms with Gasteiger partial charge in [0.05, 0.1) is 0 Å². The Bertz CT molecular complexity index is 725. The van der Waals surface area contributed by atoms with Crippen molar-refractivity contribution in [3.05, 3.63) is 69.8 Å². The molecule has 110 valence electrons. The van der Waals surface area contributed by atoms with Crippen molar-refractivity contribution in [3.8, 4) is 0 Å². The third kappa shape index (κ3) is 2.39. The molecule has 0 radical (unpaired) electrons. The second-order valence-electron chi connectivity index (χ2n) is 4.23. The van der Waals surface area contributed by atoms with Gasteiger partial charge in [0.1, 0.15) is 11.4 Å². The fraction of sp³-hybridized carbons (Fsp3) is 0.0714. The highest BCUT2D eigenvalue weighted by molar-refractivity contribution is 6.10. The Hall–Kier alpha value is -2.31. The van der Waals surface area contributed by atoms with E-state index >= 15 is 0 Å². The summed E-state index contributed by atoms with van der Waals surface area (Å²) in [7, 11) is 0. The van der Waals surface area contributed by atoms with Crippen LogP contribution in [0.2, 0.25) is 0 Å². The molecule has 1 nitrogen and oxygen atoms in total. The van der Waals surface area contributed by atoms with Crippen LogP contribution in [0.4, 0.5) is 26.3 Å². The zero-order valence-electron chi connectivity index (χ0n) is 10.4. The zero-order valence-corrected chi connectivity index (χ0v) is 10.4. The fourth-order valence-electron chi connectivity index (χ4n) is 1.78. The van der Waals surface area contributed by atoms with Gasteiger partial charge in [-0.3, -0.25) is 4.79 Å². The van der Waals surface area contributed by atoms with Crippen molar-refractivity contribution in [2.45, 2.75) is 6.92 Å². The Labute approximate surface area is 114 Å². The van der Waals surface area contributed by atoms with E-state index < -0.39 is 51.8 Å². The SMILES string of the molecule is Cc1ccc(F)cc1C(=O)c1c(F)c(F)c(F)c(F)c1F. The van der Waals surface area contributed by atoms with Crippen LogP contribution >= 0.6 is 0 Å². The van der Waals surface area contributed by atoms with Crippen LogP contribution in [-0.2, 0) is 0 Å². The van der Waals surface area contributed by atoms with Crippen molar-refractivity contribution >= 4 is 5.78 Å². The molecule has 0 unspecified atom stereocenters. The third-order valence-electron chi connectivity index (χ3n) is 2.88. The van der Waals surface area contributed by atoms with Crippen molar-refractivity contribution in [1.29, 1.82) is 0 Å². The van der Waals surface area contributed by atoms with E-state index in [-0.39, 0.29) is 5.56 Å². The molecule has 0 aliphatic carbocycles. The zero-order chi connectivity index (χ0) is 15.9. The molecule has 0 spiro atoms. The number of carbonyl (C=O) groups is 1. The van der Waals surface area contributed by atoms with E-state index in [4.69, 9.17) is 0 Å². The van der Waals surface area contributed by atoms with Crippen molar-refractivity contribution in [2.24, 2.45) is 0 Å². The summed E-state index contributed by atoms with van der Waals surface area (Å²) in [5.41, 5.74) is -1.97. The normalized spacial score (nSPS) is 10.8. The van der Waals surface area contributed by atoms with E-state index in [1.165, 1.54) is 6.92 Å².